The normalized spacial score (nSPS) is 12.4. The number of guanidine groups is 1. The minimum atomic E-state index is -3.11. The summed E-state index contributed by atoms with van der Waals surface area (Å²) in [7, 11) is 0.687. The Morgan fingerprint density at radius 3 is 2.57 bits per heavy atom. The molecule has 0 saturated heterocycles. The Bertz CT molecular complexity index is 651. The number of hydrogen-bond donors (Lipinski definition) is 2. The number of likely N-dealkylation sites (N-methyl/N-ethyl adjacent to an activating group) is 1. The molecule has 28 heavy (non-hydrogen) atoms. The summed E-state index contributed by atoms with van der Waals surface area (Å²) in [4.78, 5) is 6.73. The molecule has 0 bridgehead atoms. The zero-order valence-corrected chi connectivity index (χ0v) is 18.3. The minimum Gasteiger partial charge on any atom is -0.385 e. The Labute approximate surface area is 170 Å². The van der Waals surface area contributed by atoms with Crippen LogP contribution in [-0.4, -0.2) is 78.5 Å². The van der Waals surface area contributed by atoms with Gasteiger partial charge in [0.1, 0.15) is 0 Å². The van der Waals surface area contributed by atoms with Gasteiger partial charge >= 0.3 is 0 Å². The summed E-state index contributed by atoms with van der Waals surface area (Å²) in [5, 5.41) is 6.49. The Morgan fingerprint density at radius 2 is 1.89 bits per heavy atom. The van der Waals surface area contributed by atoms with E-state index in [-0.39, 0.29) is 11.5 Å². The number of nitrogens with one attached hydrogen (secondary N) is 2. The zero-order valence-electron chi connectivity index (χ0n) is 17.5. The van der Waals surface area contributed by atoms with E-state index in [9.17, 15) is 8.42 Å². The van der Waals surface area contributed by atoms with Crippen molar-refractivity contribution in [3.8, 4) is 0 Å². The maximum atomic E-state index is 12.2. The summed E-state index contributed by atoms with van der Waals surface area (Å²) in [6.07, 6.45) is 1.53. The number of methoxy groups -OCH3 is 1. The minimum absolute atomic E-state index is 0.0886. The molecule has 0 aliphatic carbocycles. The van der Waals surface area contributed by atoms with Crippen molar-refractivity contribution in [1.82, 2.24) is 15.5 Å². The first-order valence-electron chi connectivity index (χ1n) is 9.91. The fourth-order valence-corrected chi connectivity index (χ4v) is 4.09. The third-order valence-corrected chi connectivity index (χ3v) is 5.82. The van der Waals surface area contributed by atoms with Crippen molar-refractivity contribution in [3.63, 3.8) is 0 Å². The van der Waals surface area contributed by atoms with Crippen molar-refractivity contribution in [2.24, 2.45) is 4.99 Å². The van der Waals surface area contributed by atoms with Gasteiger partial charge < -0.3 is 20.3 Å². The van der Waals surface area contributed by atoms with Crippen molar-refractivity contribution in [2.45, 2.75) is 25.5 Å². The van der Waals surface area contributed by atoms with Crippen LogP contribution in [0.5, 0.6) is 0 Å². The fraction of sp³-hybridized carbons (Fsp3) is 0.650. The van der Waals surface area contributed by atoms with Gasteiger partial charge in [-0.15, -0.1) is 0 Å². The maximum absolute atomic E-state index is 12.2. The molecule has 0 unspecified atom stereocenters. The van der Waals surface area contributed by atoms with E-state index >= 15 is 0 Å². The van der Waals surface area contributed by atoms with E-state index in [1.165, 1.54) is 0 Å². The van der Waals surface area contributed by atoms with Crippen LogP contribution in [0.1, 0.15) is 25.3 Å². The lowest BCUT2D eigenvalue weighted by atomic mass is 10.2. The van der Waals surface area contributed by atoms with E-state index in [1.807, 2.05) is 37.3 Å². The Balaban J connectivity index is 2.33. The molecule has 1 aromatic carbocycles. The van der Waals surface area contributed by atoms with Crippen molar-refractivity contribution < 1.29 is 13.2 Å². The smallest absolute Gasteiger partial charge is 0.191 e. The van der Waals surface area contributed by atoms with Gasteiger partial charge in [0.25, 0.3) is 0 Å². The van der Waals surface area contributed by atoms with E-state index in [2.05, 4.69) is 27.6 Å². The van der Waals surface area contributed by atoms with Gasteiger partial charge in [0.15, 0.2) is 15.8 Å². The maximum Gasteiger partial charge on any atom is 0.191 e. The second-order valence-corrected chi connectivity index (χ2v) is 8.95. The first kappa shape index (κ1) is 24.4. The summed E-state index contributed by atoms with van der Waals surface area (Å²) in [6, 6.07) is 9.29. The monoisotopic (exact) mass is 412 g/mol. The molecule has 0 aromatic heterocycles. The molecule has 0 aliphatic rings. The second-order valence-electron chi connectivity index (χ2n) is 6.77. The molecule has 1 rings (SSSR count). The lowest BCUT2D eigenvalue weighted by Gasteiger charge is -2.18. The lowest BCUT2D eigenvalue weighted by molar-refractivity contribution is 0.180. The molecule has 0 spiro atoms. The van der Waals surface area contributed by atoms with Crippen molar-refractivity contribution in [3.05, 3.63) is 35.9 Å². The molecule has 160 valence electrons. The average molecular weight is 413 g/mol. The van der Waals surface area contributed by atoms with Crippen LogP contribution in [0.3, 0.4) is 0 Å². The first-order valence-corrected chi connectivity index (χ1v) is 11.7. The third-order valence-electron chi connectivity index (χ3n) is 4.13. The number of rotatable bonds is 14. The Hall–Kier alpha value is -1.64. The molecule has 0 amide bonds. The molecule has 1 aromatic rings. The van der Waals surface area contributed by atoms with Gasteiger partial charge in [-0.25, -0.2) is 8.42 Å². The molecule has 0 heterocycles. The lowest BCUT2D eigenvalue weighted by Crippen LogP contribution is -2.41. The van der Waals surface area contributed by atoms with Crippen LogP contribution in [0.2, 0.25) is 0 Å². The van der Waals surface area contributed by atoms with Crippen LogP contribution in [0.15, 0.2) is 35.3 Å². The van der Waals surface area contributed by atoms with E-state index < -0.39 is 9.84 Å². The standard InChI is InChI=1S/C20H36N4O3S/c1-4-21-20(23-13-15-24(2)14-9-16-27-3)22-12-8-17-28(25,26)18-19-10-6-5-7-11-19/h5-7,10-11H,4,8-9,12-18H2,1-3H3,(H2,21,22,23). The number of aliphatic imine (C=N–C) groups is 1. The number of hydrogen-bond acceptors (Lipinski definition) is 5. The van der Waals surface area contributed by atoms with Crippen LogP contribution < -0.4 is 10.6 Å². The molecular weight excluding hydrogens is 376 g/mol. The highest BCUT2D eigenvalue weighted by molar-refractivity contribution is 7.90. The van der Waals surface area contributed by atoms with E-state index in [0.717, 1.165) is 50.7 Å². The number of ether oxygens (including phenoxy) is 1. The second kappa shape index (κ2) is 14.4. The van der Waals surface area contributed by atoms with Crippen LogP contribution in [0.25, 0.3) is 0 Å². The molecular formula is C20H36N4O3S. The average Bonchev–Trinajstić information content (AvgIpc) is 2.66. The van der Waals surface area contributed by atoms with Crippen LogP contribution in [0.4, 0.5) is 0 Å². The number of benzene rings is 1. The van der Waals surface area contributed by atoms with E-state index in [0.29, 0.717) is 13.0 Å². The summed E-state index contributed by atoms with van der Waals surface area (Å²) in [6.45, 7) is 6.70. The molecule has 0 saturated carbocycles. The van der Waals surface area contributed by atoms with Gasteiger partial charge in [-0.3, -0.25) is 4.99 Å². The fourth-order valence-electron chi connectivity index (χ4n) is 2.67. The Kier molecular flexibility index (Phi) is 12.5. The number of nitrogens with zero attached hydrogens (tertiary/aromatic N) is 2. The molecule has 0 aliphatic heterocycles. The highest BCUT2D eigenvalue weighted by atomic mass is 32.2. The van der Waals surface area contributed by atoms with Gasteiger partial charge in [-0.05, 0) is 32.4 Å². The molecule has 0 radical (unpaired) electrons. The van der Waals surface area contributed by atoms with Gasteiger partial charge in [0.05, 0.1) is 11.5 Å². The van der Waals surface area contributed by atoms with Crippen molar-refractivity contribution in [1.29, 1.82) is 0 Å². The molecule has 8 heteroatoms. The molecule has 7 nitrogen and oxygen atoms in total. The van der Waals surface area contributed by atoms with Crippen LogP contribution in [0, 0.1) is 0 Å². The quantitative estimate of drug-likeness (QED) is 0.274. The van der Waals surface area contributed by atoms with Gasteiger partial charge in [-0.1, -0.05) is 30.3 Å². The molecule has 2 N–H and O–H groups in total. The predicted molar refractivity (Wildman–Crippen MR) is 117 cm³/mol. The molecule has 0 atom stereocenters. The van der Waals surface area contributed by atoms with Gasteiger partial charge in [0, 0.05) is 46.4 Å². The first-order chi connectivity index (χ1) is 13.5. The SMILES string of the molecule is CCNC(=NCCCS(=O)(=O)Cc1ccccc1)NCCN(C)CCCOC. The summed E-state index contributed by atoms with van der Waals surface area (Å²) >= 11 is 0. The van der Waals surface area contributed by atoms with Crippen molar-refractivity contribution in [2.75, 3.05) is 59.2 Å². The van der Waals surface area contributed by atoms with Crippen LogP contribution >= 0.6 is 0 Å². The van der Waals surface area contributed by atoms with Crippen LogP contribution in [-0.2, 0) is 20.3 Å². The topological polar surface area (TPSA) is 83.0 Å². The Morgan fingerprint density at radius 1 is 1.14 bits per heavy atom. The van der Waals surface area contributed by atoms with Crippen molar-refractivity contribution >= 4 is 15.8 Å². The van der Waals surface area contributed by atoms with E-state index in [1.54, 1.807) is 7.11 Å². The highest BCUT2D eigenvalue weighted by Gasteiger charge is 2.11. The number of sulfone groups is 1. The largest absolute Gasteiger partial charge is 0.385 e. The third kappa shape index (κ3) is 11.9. The van der Waals surface area contributed by atoms with Gasteiger partial charge in [-0.2, -0.15) is 0 Å². The highest BCUT2D eigenvalue weighted by Crippen LogP contribution is 2.07. The summed E-state index contributed by atoms with van der Waals surface area (Å²) in [5.41, 5.74) is 0.829. The molecule has 0 fully saturated rings. The van der Waals surface area contributed by atoms with E-state index in [4.69, 9.17) is 4.74 Å². The predicted octanol–water partition coefficient (Wildman–Crippen LogP) is 1.51. The van der Waals surface area contributed by atoms with Gasteiger partial charge in [0.2, 0.25) is 0 Å². The zero-order chi connectivity index (χ0) is 20.7. The summed E-state index contributed by atoms with van der Waals surface area (Å²) < 4.78 is 29.5. The summed E-state index contributed by atoms with van der Waals surface area (Å²) in [5.74, 6) is 0.964.